The van der Waals surface area contributed by atoms with E-state index in [1.807, 2.05) is 25.1 Å². The van der Waals surface area contributed by atoms with Crippen LogP contribution in [-0.2, 0) is 6.54 Å². The van der Waals surface area contributed by atoms with Crippen LogP contribution in [0.1, 0.15) is 36.2 Å². The van der Waals surface area contributed by atoms with E-state index < -0.39 is 0 Å². The summed E-state index contributed by atoms with van der Waals surface area (Å²) in [6, 6.07) is 10.9. The Morgan fingerprint density at radius 1 is 1.04 bits per heavy atom. The highest BCUT2D eigenvalue weighted by Gasteiger charge is 2.10. The SMILES string of the molecule is CCCOc1ccc(CNC(=O)c2ccc(OCC)c(Br)c2)cc1OC. The molecule has 0 heterocycles. The van der Waals surface area contributed by atoms with E-state index in [0.717, 1.165) is 22.2 Å². The predicted octanol–water partition coefficient (Wildman–Crippen LogP) is 4.58. The molecule has 0 saturated heterocycles. The molecule has 140 valence electrons. The Hall–Kier alpha value is -2.21. The molecular formula is C20H24BrNO4. The standard InChI is InChI=1S/C20H24BrNO4/c1-4-10-26-18-8-6-14(11-19(18)24-3)13-22-20(23)15-7-9-17(25-5-2)16(21)12-15/h6-9,11-12H,4-5,10,13H2,1-3H3,(H,22,23). The van der Waals surface area contributed by atoms with Crippen molar-refractivity contribution in [2.24, 2.45) is 0 Å². The van der Waals surface area contributed by atoms with Gasteiger partial charge in [0.25, 0.3) is 5.91 Å². The van der Waals surface area contributed by atoms with Crippen molar-refractivity contribution in [3.63, 3.8) is 0 Å². The Balaban J connectivity index is 2.01. The topological polar surface area (TPSA) is 56.8 Å². The van der Waals surface area contributed by atoms with Crippen LogP contribution in [0.15, 0.2) is 40.9 Å². The first-order chi connectivity index (χ1) is 12.6. The maximum atomic E-state index is 12.4. The molecule has 0 atom stereocenters. The van der Waals surface area contributed by atoms with Crippen LogP contribution >= 0.6 is 15.9 Å². The van der Waals surface area contributed by atoms with Crippen molar-refractivity contribution in [3.05, 3.63) is 52.0 Å². The number of methoxy groups -OCH3 is 1. The van der Waals surface area contributed by atoms with Crippen molar-refractivity contribution in [1.82, 2.24) is 5.32 Å². The number of rotatable bonds is 9. The third-order valence-electron chi connectivity index (χ3n) is 3.64. The largest absolute Gasteiger partial charge is 0.493 e. The van der Waals surface area contributed by atoms with E-state index in [1.165, 1.54) is 0 Å². The van der Waals surface area contributed by atoms with Crippen LogP contribution in [0.5, 0.6) is 17.2 Å². The molecule has 0 aliphatic rings. The first kappa shape index (κ1) is 20.1. The average Bonchev–Trinajstić information content (AvgIpc) is 2.66. The first-order valence-corrected chi connectivity index (χ1v) is 9.38. The first-order valence-electron chi connectivity index (χ1n) is 8.59. The van der Waals surface area contributed by atoms with Crippen LogP contribution < -0.4 is 19.5 Å². The van der Waals surface area contributed by atoms with E-state index in [9.17, 15) is 4.79 Å². The number of carbonyl (C=O) groups excluding carboxylic acids is 1. The third kappa shape index (κ3) is 5.39. The van der Waals surface area contributed by atoms with Crippen LogP contribution in [-0.4, -0.2) is 26.2 Å². The molecule has 1 N–H and O–H groups in total. The smallest absolute Gasteiger partial charge is 0.251 e. The zero-order chi connectivity index (χ0) is 18.9. The molecule has 0 saturated carbocycles. The van der Waals surface area contributed by atoms with Gasteiger partial charge in [-0.15, -0.1) is 0 Å². The van der Waals surface area contributed by atoms with Crippen molar-refractivity contribution >= 4 is 21.8 Å². The Bertz CT molecular complexity index is 749. The number of hydrogen-bond donors (Lipinski definition) is 1. The number of amides is 1. The van der Waals surface area contributed by atoms with Gasteiger partial charge in [-0.3, -0.25) is 4.79 Å². The summed E-state index contributed by atoms with van der Waals surface area (Å²) in [7, 11) is 1.61. The van der Waals surface area contributed by atoms with E-state index in [0.29, 0.717) is 36.8 Å². The zero-order valence-electron chi connectivity index (χ0n) is 15.3. The molecular weight excluding hydrogens is 398 g/mol. The van der Waals surface area contributed by atoms with E-state index in [-0.39, 0.29) is 5.91 Å². The van der Waals surface area contributed by atoms with Crippen molar-refractivity contribution in [2.45, 2.75) is 26.8 Å². The Morgan fingerprint density at radius 3 is 2.46 bits per heavy atom. The molecule has 26 heavy (non-hydrogen) atoms. The van der Waals surface area contributed by atoms with Crippen molar-refractivity contribution < 1.29 is 19.0 Å². The number of halogens is 1. The summed E-state index contributed by atoms with van der Waals surface area (Å²) in [6.07, 6.45) is 0.929. The van der Waals surface area contributed by atoms with Gasteiger partial charge >= 0.3 is 0 Å². The minimum atomic E-state index is -0.154. The Morgan fingerprint density at radius 2 is 1.81 bits per heavy atom. The molecule has 0 unspecified atom stereocenters. The van der Waals surface area contributed by atoms with Gasteiger partial charge < -0.3 is 19.5 Å². The molecule has 0 spiro atoms. The lowest BCUT2D eigenvalue weighted by molar-refractivity contribution is 0.0950. The van der Waals surface area contributed by atoms with Gasteiger partial charge in [-0.25, -0.2) is 0 Å². The van der Waals surface area contributed by atoms with Crippen molar-refractivity contribution in [3.8, 4) is 17.2 Å². The molecule has 5 nitrogen and oxygen atoms in total. The molecule has 0 aliphatic heterocycles. The normalized spacial score (nSPS) is 10.3. The molecule has 2 rings (SSSR count). The zero-order valence-corrected chi connectivity index (χ0v) is 16.9. The predicted molar refractivity (Wildman–Crippen MR) is 105 cm³/mol. The molecule has 1 amide bonds. The molecule has 6 heteroatoms. The summed E-state index contributed by atoms with van der Waals surface area (Å²) in [5.74, 6) is 1.93. The van der Waals surface area contributed by atoms with Crippen LogP contribution in [0.4, 0.5) is 0 Å². The van der Waals surface area contributed by atoms with E-state index >= 15 is 0 Å². The quantitative estimate of drug-likeness (QED) is 0.643. The average molecular weight is 422 g/mol. The van der Waals surface area contributed by atoms with Gasteiger partial charge in [-0.2, -0.15) is 0 Å². The van der Waals surface area contributed by atoms with Gasteiger partial charge in [-0.1, -0.05) is 13.0 Å². The fourth-order valence-electron chi connectivity index (χ4n) is 2.35. The van der Waals surface area contributed by atoms with Gasteiger partial charge in [0.1, 0.15) is 5.75 Å². The van der Waals surface area contributed by atoms with Gasteiger partial charge in [0.2, 0.25) is 0 Å². The van der Waals surface area contributed by atoms with E-state index in [2.05, 4.69) is 28.2 Å². The van der Waals surface area contributed by atoms with Crippen LogP contribution in [0.3, 0.4) is 0 Å². The maximum Gasteiger partial charge on any atom is 0.251 e. The molecule has 0 aliphatic carbocycles. The number of nitrogens with one attached hydrogen (secondary N) is 1. The molecule has 2 aromatic rings. The van der Waals surface area contributed by atoms with Crippen LogP contribution in [0.25, 0.3) is 0 Å². The van der Waals surface area contributed by atoms with E-state index in [1.54, 1.807) is 25.3 Å². The third-order valence-corrected chi connectivity index (χ3v) is 4.26. The van der Waals surface area contributed by atoms with Crippen LogP contribution in [0.2, 0.25) is 0 Å². The van der Waals surface area contributed by atoms with Gasteiger partial charge in [0.05, 0.1) is 24.8 Å². The van der Waals surface area contributed by atoms with Gasteiger partial charge in [-0.05, 0) is 65.2 Å². The van der Waals surface area contributed by atoms with Gasteiger partial charge in [0, 0.05) is 12.1 Å². The van der Waals surface area contributed by atoms with Crippen LogP contribution in [0, 0.1) is 0 Å². The lowest BCUT2D eigenvalue weighted by Crippen LogP contribution is -2.22. The van der Waals surface area contributed by atoms with E-state index in [4.69, 9.17) is 14.2 Å². The summed E-state index contributed by atoms with van der Waals surface area (Å²) in [5.41, 5.74) is 1.50. The second-order valence-electron chi connectivity index (χ2n) is 5.59. The second kappa shape index (κ2) is 10.1. The molecule has 0 bridgehead atoms. The lowest BCUT2D eigenvalue weighted by Gasteiger charge is -2.12. The highest BCUT2D eigenvalue weighted by molar-refractivity contribution is 9.10. The summed E-state index contributed by atoms with van der Waals surface area (Å²) in [6.45, 7) is 5.58. The number of benzene rings is 2. The highest BCUT2D eigenvalue weighted by atomic mass is 79.9. The molecule has 0 fully saturated rings. The number of ether oxygens (including phenoxy) is 3. The Labute approximate surface area is 162 Å². The minimum absolute atomic E-state index is 0.154. The summed E-state index contributed by atoms with van der Waals surface area (Å²) in [4.78, 5) is 12.4. The van der Waals surface area contributed by atoms with Crippen molar-refractivity contribution in [1.29, 1.82) is 0 Å². The summed E-state index contributed by atoms with van der Waals surface area (Å²) < 4.78 is 17.2. The maximum absolute atomic E-state index is 12.4. The monoisotopic (exact) mass is 421 g/mol. The lowest BCUT2D eigenvalue weighted by atomic mass is 10.1. The molecule has 2 aromatic carbocycles. The second-order valence-corrected chi connectivity index (χ2v) is 6.45. The Kier molecular flexibility index (Phi) is 7.78. The van der Waals surface area contributed by atoms with Gasteiger partial charge in [0.15, 0.2) is 11.5 Å². The number of carbonyl (C=O) groups is 1. The fourth-order valence-corrected chi connectivity index (χ4v) is 2.85. The molecule has 0 radical (unpaired) electrons. The number of hydrogen-bond acceptors (Lipinski definition) is 4. The summed E-state index contributed by atoms with van der Waals surface area (Å²) >= 11 is 3.42. The molecule has 0 aromatic heterocycles. The fraction of sp³-hybridized carbons (Fsp3) is 0.350. The van der Waals surface area contributed by atoms with Crippen molar-refractivity contribution in [2.75, 3.05) is 20.3 Å². The summed E-state index contributed by atoms with van der Waals surface area (Å²) in [5, 5.41) is 2.91. The minimum Gasteiger partial charge on any atom is -0.493 e. The highest BCUT2D eigenvalue weighted by Crippen LogP contribution is 2.28.